The van der Waals surface area contributed by atoms with E-state index in [0.717, 1.165) is 19.4 Å². The molecule has 5 heteroatoms. The van der Waals surface area contributed by atoms with Crippen LogP contribution in [0.5, 0.6) is 0 Å². The number of amides is 1. The lowest BCUT2D eigenvalue weighted by Gasteiger charge is -2.23. The summed E-state index contributed by atoms with van der Waals surface area (Å²) in [4.78, 5) is 18.7. The molecule has 1 heterocycles. The molecule has 0 spiro atoms. The fourth-order valence-electron chi connectivity index (χ4n) is 2.21. The van der Waals surface area contributed by atoms with E-state index in [1.165, 1.54) is 12.8 Å². The third-order valence-corrected chi connectivity index (χ3v) is 3.58. The van der Waals surface area contributed by atoms with Gasteiger partial charge in [-0.05, 0) is 43.7 Å². The van der Waals surface area contributed by atoms with E-state index in [0.29, 0.717) is 23.3 Å². The molecule has 18 heavy (non-hydrogen) atoms. The molecule has 0 aromatic carbocycles. The Labute approximate surface area is 106 Å². The van der Waals surface area contributed by atoms with Crippen molar-refractivity contribution in [2.75, 3.05) is 12.0 Å². The number of hydrogen-bond donors (Lipinski definition) is 2. The van der Waals surface area contributed by atoms with Crippen LogP contribution in [0.3, 0.4) is 0 Å². The van der Waals surface area contributed by atoms with E-state index in [1.54, 1.807) is 18.3 Å². The van der Waals surface area contributed by atoms with Crippen LogP contribution in [-0.4, -0.2) is 28.4 Å². The fraction of sp³-hybridized carbons (Fsp3) is 0.538. The molecule has 5 nitrogen and oxygen atoms in total. The molecular weight excluding hydrogens is 228 g/mol. The topological polar surface area (TPSA) is 71.2 Å². The van der Waals surface area contributed by atoms with Gasteiger partial charge < -0.3 is 10.3 Å². The van der Waals surface area contributed by atoms with Gasteiger partial charge in [0.2, 0.25) is 0 Å². The van der Waals surface area contributed by atoms with E-state index in [9.17, 15) is 4.79 Å². The van der Waals surface area contributed by atoms with E-state index in [2.05, 4.69) is 10.4 Å². The van der Waals surface area contributed by atoms with E-state index in [4.69, 9.17) is 5.84 Å². The van der Waals surface area contributed by atoms with Crippen LogP contribution in [0.2, 0.25) is 0 Å². The normalized spacial score (nSPS) is 18.5. The number of rotatable bonds is 5. The van der Waals surface area contributed by atoms with Crippen molar-refractivity contribution >= 4 is 11.7 Å². The second kappa shape index (κ2) is 4.57. The number of carbonyl (C=O) groups excluding carboxylic acids is 1. The molecule has 3 rings (SSSR count). The van der Waals surface area contributed by atoms with Gasteiger partial charge >= 0.3 is 0 Å². The minimum atomic E-state index is 0.0606. The zero-order valence-corrected chi connectivity index (χ0v) is 10.3. The summed E-state index contributed by atoms with van der Waals surface area (Å²) in [6.07, 6.45) is 6.40. The standard InChI is InChI=1S/C13H18N4O/c14-16-12-11(2-1-7-15-12)13(18)17(10-5-6-10)8-9-3-4-9/h1-2,7,9-10H,3-6,8,14H2,(H,15,16). The lowest BCUT2D eigenvalue weighted by Crippen LogP contribution is -2.35. The first kappa shape index (κ1) is 11.5. The van der Waals surface area contributed by atoms with Crippen LogP contribution < -0.4 is 11.3 Å². The van der Waals surface area contributed by atoms with Crippen molar-refractivity contribution in [3.63, 3.8) is 0 Å². The second-order valence-corrected chi connectivity index (χ2v) is 5.18. The summed E-state index contributed by atoms with van der Waals surface area (Å²) in [7, 11) is 0. The molecule has 1 aromatic heterocycles. The molecule has 0 bridgehead atoms. The molecule has 1 aromatic rings. The molecule has 2 aliphatic carbocycles. The molecule has 0 aliphatic heterocycles. The number of nitrogens with zero attached hydrogens (tertiary/aromatic N) is 2. The number of carbonyl (C=O) groups is 1. The first-order valence-electron chi connectivity index (χ1n) is 6.52. The molecule has 2 fully saturated rings. The highest BCUT2D eigenvalue weighted by atomic mass is 16.2. The number of hydrazine groups is 1. The minimum absolute atomic E-state index is 0.0606. The Balaban J connectivity index is 1.81. The number of pyridine rings is 1. The van der Waals surface area contributed by atoms with Crippen LogP contribution in [0, 0.1) is 5.92 Å². The van der Waals surface area contributed by atoms with Crippen molar-refractivity contribution in [2.24, 2.45) is 11.8 Å². The molecule has 96 valence electrons. The van der Waals surface area contributed by atoms with Crippen LogP contribution in [0.1, 0.15) is 36.0 Å². The van der Waals surface area contributed by atoms with Crippen molar-refractivity contribution in [1.29, 1.82) is 0 Å². The van der Waals surface area contributed by atoms with E-state index in [-0.39, 0.29) is 5.91 Å². The maximum atomic E-state index is 12.6. The summed E-state index contributed by atoms with van der Waals surface area (Å²) in [6.45, 7) is 0.891. The molecule has 0 unspecified atom stereocenters. The molecule has 0 radical (unpaired) electrons. The maximum Gasteiger partial charge on any atom is 0.257 e. The summed E-state index contributed by atoms with van der Waals surface area (Å²) in [5.74, 6) is 6.64. The summed E-state index contributed by atoms with van der Waals surface area (Å²) < 4.78 is 0. The average molecular weight is 246 g/mol. The molecule has 0 saturated heterocycles. The van der Waals surface area contributed by atoms with Gasteiger partial charge in [0, 0.05) is 18.8 Å². The molecular formula is C13H18N4O. The number of nitrogen functional groups attached to an aromatic ring is 1. The van der Waals surface area contributed by atoms with Crippen LogP contribution in [0.15, 0.2) is 18.3 Å². The fourth-order valence-corrected chi connectivity index (χ4v) is 2.21. The Morgan fingerprint density at radius 3 is 2.83 bits per heavy atom. The Hall–Kier alpha value is -1.62. The number of anilines is 1. The van der Waals surface area contributed by atoms with Crippen molar-refractivity contribution in [3.05, 3.63) is 23.9 Å². The number of aromatic nitrogens is 1. The smallest absolute Gasteiger partial charge is 0.257 e. The molecule has 0 atom stereocenters. The average Bonchev–Trinajstić information content (AvgIpc) is 3.28. The van der Waals surface area contributed by atoms with Crippen molar-refractivity contribution in [3.8, 4) is 0 Å². The van der Waals surface area contributed by atoms with Crippen LogP contribution >= 0.6 is 0 Å². The van der Waals surface area contributed by atoms with Crippen molar-refractivity contribution in [2.45, 2.75) is 31.7 Å². The number of nitrogens with one attached hydrogen (secondary N) is 1. The SMILES string of the molecule is NNc1ncccc1C(=O)N(CC1CC1)C1CC1. The number of nitrogens with two attached hydrogens (primary N) is 1. The van der Waals surface area contributed by atoms with Gasteiger partial charge in [-0.3, -0.25) is 4.79 Å². The van der Waals surface area contributed by atoms with E-state index < -0.39 is 0 Å². The Bertz CT molecular complexity index is 454. The van der Waals surface area contributed by atoms with E-state index >= 15 is 0 Å². The van der Waals surface area contributed by atoms with Gasteiger partial charge in [-0.1, -0.05) is 0 Å². The third-order valence-electron chi connectivity index (χ3n) is 3.58. The minimum Gasteiger partial charge on any atom is -0.335 e. The molecule has 2 aliphatic rings. The lowest BCUT2D eigenvalue weighted by atomic mass is 10.2. The third kappa shape index (κ3) is 2.31. The summed E-state index contributed by atoms with van der Waals surface area (Å²) in [6, 6.07) is 3.99. The van der Waals surface area contributed by atoms with Crippen LogP contribution in [0.25, 0.3) is 0 Å². The van der Waals surface area contributed by atoms with E-state index in [1.807, 2.05) is 4.90 Å². The first-order chi connectivity index (χ1) is 8.79. The molecule has 2 saturated carbocycles. The second-order valence-electron chi connectivity index (χ2n) is 5.18. The predicted molar refractivity (Wildman–Crippen MR) is 68.8 cm³/mol. The largest absolute Gasteiger partial charge is 0.335 e. The number of hydrogen-bond acceptors (Lipinski definition) is 4. The summed E-state index contributed by atoms with van der Waals surface area (Å²) in [5.41, 5.74) is 3.08. The van der Waals surface area contributed by atoms with Crippen molar-refractivity contribution in [1.82, 2.24) is 9.88 Å². The van der Waals surface area contributed by atoms with Gasteiger partial charge in [0.15, 0.2) is 5.82 Å². The summed E-state index contributed by atoms with van der Waals surface area (Å²) >= 11 is 0. The lowest BCUT2D eigenvalue weighted by molar-refractivity contribution is 0.0735. The highest BCUT2D eigenvalue weighted by Gasteiger charge is 2.37. The molecule has 1 amide bonds. The van der Waals surface area contributed by atoms with Crippen molar-refractivity contribution < 1.29 is 4.79 Å². The van der Waals surface area contributed by atoms with Gasteiger partial charge in [0.25, 0.3) is 5.91 Å². The zero-order chi connectivity index (χ0) is 12.5. The Morgan fingerprint density at radius 1 is 1.44 bits per heavy atom. The Morgan fingerprint density at radius 2 is 2.22 bits per heavy atom. The first-order valence-corrected chi connectivity index (χ1v) is 6.52. The van der Waals surface area contributed by atoms with Gasteiger partial charge in [-0.2, -0.15) is 0 Å². The zero-order valence-electron chi connectivity index (χ0n) is 10.3. The van der Waals surface area contributed by atoms with Gasteiger partial charge in [0.05, 0.1) is 5.56 Å². The highest BCUT2D eigenvalue weighted by Crippen LogP contribution is 2.36. The monoisotopic (exact) mass is 246 g/mol. The van der Waals surface area contributed by atoms with Crippen LogP contribution in [0.4, 0.5) is 5.82 Å². The summed E-state index contributed by atoms with van der Waals surface area (Å²) in [5, 5.41) is 0. The molecule has 3 N–H and O–H groups in total. The predicted octanol–water partition coefficient (Wildman–Crippen LogP) is 1.38. The quantitative estimate of drug-likeness (QED) is 0.608. The van der Waals surface area contributed by atoms with Crippen LogP contribution in [-0.2, 0) is 0 Å². The van der Waals surface area contributed by atoms with Gasteiger partial charge in [-0.15, -0.1) is 0 Å². The van der Waals surface area contributed by atoms with Gasteiger partial charge in [0.1, 0.15) is 0 Å². The van der Waals surface area contributed by atoms with Gasteiger partial charge in [-0.25, -0.2) is 10.8 Å². The highest BCUT2D eigenvalue weighted by molar-refractivity contribution is 5.99. The Kier molecular flexibility index (Phi) is 2.91. The maximum absolute atomic E-state index is 12.6.